The van der Waals surface area contributed by atoms with Crippen molar-refractivity contribution in [3.05, 3.63) is 82.1 Å². The molecule has 2 aromatic heterocycles. The average molecular weight is 404 g/mol. The molecule has 148 valence electrons. The minimum Gasteiger partial charge on any atom is -0.365 e. The molecule has 4 rings (SSSR count). The molecule has 0 saturated carbocycles. The van der Waals surface area contributed by atoms with Gasteiger partial charge in [0.15, 0.2) is 0 Å². The van der Waals surface area contributed by atoms with E-state index in [0.717, 1.165) is 34.1 Å². The molecule has 0 radical (unpaired) electrons. The molecule has 1 atom stereocenters. The molecular weight excluding hydrogens is 378 g/mol. The van der Waals surface area contributed by atoms with E-state index < -0.39 is 0 Å². The van der Waals surface area contributed by atoms with Crippen LogP contribution in [0, 0.1) is 6.92 Å². The molecule has 1 unspecified atom stereocenters. The Morgan fingerprint density at radius 1 is 1.07 bits per heavy atom. The summed E-state index contributed by atoms with van der Waals surface area (Å²) in [4.78, 5) is 16.3. The number of hydrogen-bond acceptors (Lipinski definition) is 6. The van der Waals surface area contributed by atoms with E-state index in [-0.39, 0.29) is 6.04 Å². The van der Waals surface area contributed by atoms with Gasteiger partial charge in [0, 0.05) is 23.5 Å². The van der Waals surface area contributed by atoms with Crippen LogP contribution in [0.1, 0.15) is 34.9 Å². The van der Waals surface area contributed by atoms with Crippen LogP contribution in [0.15, 0.2) is 60.1 Å². The Hall–Kier alpha value is -2.83. The van der Waals surface area contributed by atoms with Gasteiger partial charge in [0.1, 0.15) is 16.6 Å². The zero-order chi connectivity index (χ0) is 20.2. The van der Waals surface area contributed by atoms with Gasteiger partial charge in [0.2, 0.25) is 0 Å². The standard InChI is InChI=1S/C23H25N5S/c1-16-8-10-18(11-9-16)14-25-22-19-6-4-5-7-20(19)26-21(27-22)15-28(3)17(2)23-24-12-13-29-23/h4-13,17H,14-15H2,1-3H3,(H,25,26,27). The zero-order valence-corrected chi connectivity index (χ0v) is 17.8. The molecule has 0 aliphatic carbocycles. The lowest BCUT2D eigenvalue weighted by Gasteiger charge is -2.22. The van der Waals surface area contributed by atoms with Crippen molar-refractivity contribution in [2.45, 2.75) is 33.0 Å². The van der Waals surface area contributed by atoms with Gasteiger partial charge < -0.3 is 5.32 Å². The Balaban J connectivity index is 1.57. The maximum absolute atomic E-state index is 4.86. The second kappa shape index (κ2) is 8.68. The first kappa shape index (κ1) is 19.5. The lowest BCUT2D eigenvalue weighted by Crippen LogP contribution is -2.23. The molecule has 29 heavy (non-hydrogen) atoms. The van der Waals surface area contributed by atoms with Gasteiger partial charge in [-0.1, -0.05) is 42.0 Å². The predicted molar refractivity (Wildman–Crippen MR) is 120 cm³/mol. The van der Waals surface area contributed by atoms with E-state index in [0.29, 0.717) is 6.54 Å². The fourth-order valence-corrected chi connectivity index (χ4v) is 3.97. The normalized spacial score (nSPS) is 12.4. The lowest BCUT2D eigenvalue weighted by atomic mass is 10.1. The van der Waals surface area contributed by atoms with Gasteiger partial charge >= 0.3 is 0 Å². The molecule has 0 amide bonds. The molecule has 0 saturated heterocycles. The van der Waals surface area contributed by atoms with Crippen molar-refractivity contribution >= 4 is 28.1 Å². The number of nitrogens with one attached hydrogen (secondary N) is 1. The van der Waals surface area contributed by atoms with Crippen molar-refractivity contribution in [1.29, 1.82) is 0 Å². The molecular formula is C23H25N5S. The van der Waals surface area contributed by atoms with Crippen LogP contribution in [-0.4, -0.2) is 26.9 Å². The summed E-state index contributed by atoms with van der Waals surface area (Å²) < 4.78 is 0. The Morgan fingerprint density at radius 2 is 1.86 bits per heavy atom. The number of hydrogen-bond donors (Lipinski definition) is 1. The van der Waals surface area contributed by atoms with Crippen LogP contribution < -0.4 is 5.32 Å². The first-order valence-electron chi connectivity index (χ1n) is 9.75. The SMILES string of the molecule is Cc1ccc(CNc2nc(CN(C)C(C)c3nccs3)nc3ccccc23)cc1. The molecule has 6 heteroatoms. The van der Waals surface area contributed by atoms with Crippen molar-refractivity contribution in [3.63, 3.8) is 0 Å². The molecule has 0 bridgehead atoms. The Kier molecular flexibility index (Phi) is 5.83. The third-order valence-electron chi connectivity index (χ3n) is 5.09. The third-order valence-corrected chi connectivity index (χ3v) is 6.04. The molecule has 5 nitrogen and oxygen atoms in total. The molecule has 1 N–H and O–H groups in total. The molecule has 0 aliphatic rings. The Labute approximate surface area is 175 Å². The van der Waals surface area contributed by atoms with E-state index in [1.165, 1.54) is 11.1 Å². The van der Waals surface area contributed by atoms with Crippen LogP contribution in [0.2, 0.25) is 0 Å². The highest BCUT2D eigenvalue weighted by atomic mass is 32.1. The highest BCUT2D eigenvalue weighted by Gasteiger charge is 2.16. The summed E-state index contributed by atoms with van der Waals surface area (Å²) in [5, 5.41) is 7.67. The van der Waals surface area contributed by atoms with E-state index in [1.807, 2.05) is 29.8 Å². The number of aromatic nitrogens is 3. The number of benzene rings is 2. The maximum Gasteiger partial charge on any atom is 0.145 e. The number of aryl methyl sites for hydroxylation is 1. The van der Waals surface area contributed by atoms with Crippen LogP contribution in [0.5, 0.6) is 0 Å². The van der Waals surface area contributed by atoms with Crippen LogP contribution in [0.25, 0.3) is 10.9 Å². The van der Waals surface area contributed by atoms with E-state index in [4.69, 9.17) is 9.97 Å². The first-order valence-corrected chi connectivity index (χ1v) is 10.6. The van der Waals surface area contributed by atoms with Gasteiger partial charge in [0.25, 0.3) is 0 Å². The second-order valence-electron chi connectivity index (χ2n) is 7.31. The fourth-order valence-electron chi connectivity index (χ4n) is 3.21. The maximum atomic E-state index is 4.86. The van der Waals surface area contributed by atoms with E-state index in [9.17, 15) is 0 Å². The number of fused-ring (bicyclic) bond motifs is 1. The van der Waals surface area contributed by atoms with Crippen molar-refractivity contribution < 1.29 is 0 Å². The number of nitrogens with zero attached hydrogens (tertiary/aromatic N) is 4. The van der Waals surface area contributed by atoms with Crippen LogP contribution in [0.3, 0.4) is 0 Å². The highest BCUT2D eigenvalue weighted by Crippen LogP contribution is 2.24. The number of thiazole rings is 1. The van der Waals surface area contributed by atoms with Gasteiger partial charge in [-0.15, -0.1) is 11.3 Å². The monoisotopic (exact) mass is 403 g/mol. The largest absolute Gasteiger partial charge is 0.365 e. The molecule has 4 aromatic rings. The van der Waals surface area contributed by atoms with Gasteiger partial charge in [-0.2, -0.15) is 0 Å². The van der Waals surface area contributed by atoms with E-state index >= 15 is 0 Å². The quantitative estimate of drug-likeness (QED) is 0.460. The van der Waals surface area contributed by atoms with Crippen LogP contribution in [0.4, 0.5) is 5.82 Å². The van der Waals surface area contributed by atoms with Crippen LogP contribution >= 0.6 is 11.3 Å². The smallest absolute Gasteiger partial charge is 0.145 e. The third kappa shape index (κ3) is 4.60. The summed E-state index contributed by atoms with van der Waals surface area (Å²) in [7, 11) is 2.09. The van der Waals surface area contributed by atoms with Crippen LogP contribution in [-0.2, 0) is 13.1 Å². The van der Waals surface area contributed by atoms with Gasteiger partial charge in [-0.25, -0.2) is 15.0 Å². The van der Waals surface area contributed by atoms with Gasteiger partial charge in [-0.3, -0.25) is 4.90 Å². The van der Waals surface area contributed by atoms with E-state index in [2.05, 4.69) is 66.4 Å². The highest BCUT2D eigenvalue weighted by molar-refractivity contribution is 7.09. The number of anilines is 1. The van der Waals surface area contributed by atoms with Crippen molar-refractivity contribution in [3.8, 4) is 0 Å². The van der Waals surface area contributed by atoms with Crippen molar-refractivity contribution in [2.75, 3.05) is 12.4 Å². The Morgan fingerprint density at radius 3 is 2.62 bits per heavy atom. The first-order chi connectivity index (χ1) is 14.1. The Bertz CT molecular complexity index is 1080. The van der Waals surface area contributed by atoms with Crippen molar-refractivity contribution in [1.82, 2.24) is 19.9 Å². The molecule has 0 spiro atoms. The van der Waals surface area contributed by atoms with E-state index in [1.54, 1.807) is 11.3 Å². The minimum atomic E-state index is 0.217. The predicted octanol–water partition coefficient (Wildman–Crippen LogP) is 5.20. The van der Waals surface area contributed by atoms with Gasteiger partial charge in [0.05, 0.1) is 18.1 Å². The summed E-state index contributed by atoms with van der Waals surface area (Å²) in [6.45, 7) is 5.65. The molecule has 2 aromatic carbocycles. The summed E-state index contributed by atoms with van der Waals surface area (Å²) in [6.07, 6.45) is 1.85. The molecule has 0 fully saturated rings. The average Bonchev–Trinajstić information content (AvgIpc) is 3.27. The molecule has 2 heterocycles. The molecule has 0 aliphatic heterocycles. The number of rotatable bonds is 7. The summed E-state index contributed by atoms with van der Waals surface area (Å²) in [6, 6.07) is 16.9. The number of para-hydroxylation sites is 1. The lowest BCUT2D eigenvalue weighted by molar-refractivity contribution is 0.247. The minimum absolute atomic E-state index is 0.217. The fraction of sp³-hybridized carbons (Fsp3) is 0.261. The summed E-state index contributed by atoms with van der Waals surface area (Å²) in [5.74, 6) is 1.68. The van der Waals surface area contributed by atoms with Gasteiger partial charge in [-0.05, 0) is 38.6 Å². The van der Waals surface area contributed by atoms with Crippen molar-refractivity contribution in [2.24, 2.45) is 0 Å². The summed E-state index contributed by atoms with van der Waals surface area (Å²) >= 11 is 1.68. The topological polar surface area (TPSA) is 53.9 Å². The summed E-state index contributed by atoms with van der Waals surface area (Å²) in [5.41, 5.74) is 3.45. The zero-order valence-electron chi connectivity index (χ0n) is 17.0. The second-order valence-corrected chi connectivity index (χ2v) is 8.23.